The highest BCUT2D eigenvalue weighted by Crippen LogP contribution is 2.43. The van der Waals surface area contributed by atoms with Crippen molar-refractivity contribution in [3.63, 3.8) is 0 Å². The highest BCUT2D eigenvalue weighted by atomic mass is 32.2. The molecule has 1 amide bonds. The Balaban J connectivity index is 1.71. The molecule has 132 valence electrons. The molecular formula is C17H18N2O3S3. The largest absolute Gasteiger partial charge is 0.322 e. The minimum Gasteiger partial charge on any atom is -0.322 e. The maximum Gasteiger partial charge on any atom is 0.255 e. The molecule has 0 bridgehead atoms. The monoisotopic (exact) mass is 394 g/mol. The number of hydrogen-bond acceptors (Lipinski definition) is 5. The van der Waals surface area contributed by atoms with Gasteiger partial charge in [-0.15, -0.1) is 23.5 Å². The van der Waals surface area contributed by atoms with Crippen LogP contribution in [0.2, 0.25) is 0 Å². The SMILES string of the molecule is NS(=O)(=O)c1cccc(NC(=O)c2ccc(C3SCCCS3)cc2)c1. The Bertz CT molecular complexity index is 861. The van der Waals surface area contributed by atoms with E-state index in [1.807, 2.05) is 35.7 Å². The molecule has 5 nitrogen and oxygen atoms in total. The van der Waals surface area contributed by atoms with E-state index in [1.54, 1.807) is 18.2 Å². The first kappa shape index (κ1) is 18.3. The van der Waals surface area contributed by atoms with Crippen molar-refractivity contribution in [1.29, 1.82) is 0 Å². The maximum absolute atomic E-state index is 12.4. The van der Waals surface area contributed by atoms with Crippen molar-refractivity contribution in [2.75, 3.05) is 16.8 Å². The van der Waals surface area contributed by atoms with Crippen molar-refractivity contribution in [2.24, 2.45) is 5.14 Å². The number of carbonyl (C=O) groups excluding carboxylic acids is 1. The van der Waals surface area contributed by atoms with Crippen LogP contribution in [0.4, 0.5) is 5.69 Å². The topological polar surface area (TPSA) is 89.3 Å². The Hall–Kier alpha value is -1.48. The maximum atomic E-state index is 12.4. The molecular weight excluding hydrogens is 376 g/mol. The number of sulfonamides is 1. The van der Waals surface area contributed by atoms with Gasteiger partial charge in [-0.2, -0.15) is 0 Å². The number of carbonyl (C=O) groups is 1. The van der Waals surface area contributed by atoms with Gasteiger partial charge in [0.05, 0.1) is 9.48 Å². The predicted octanol–water partition coefficient (Wildman–Crippen LogP) is 3.46. The quantitative estimate of drug-likeness (QED) is 0.829. The smallest absolute Gasteiger partial charge is 0.255 e. The molecule has 1 saturated heterocycles. The Morgan fingerprint density at radius 3 is 2.40 bits per heavy atom. The molecule has 1 aliphatic heterocycles. The molecule has 0 aromatic heterocycles. The summed E-state index contributed by atoms with van der Waals surface area (Å²) in [6, 6.07) is 13.4. The molecule has 0 unspecified atom stereocenters. The van der Waals surface area contributed by atoms with E-state index in [-0.39, 0.29) is 10.8 Å². The van der Waals surface area contributed by atoms with Crippen LogP contribution in [0.25, 0.3) is 0 Å². The molecule has 2 aromatic carbocycles. The van der Waals surface area contributed by atoms with Gasteiger partial charge in [0.25, 0.3) is 5.91 Å². The normalized spacial score (nSPS) is 15.7. The Labute approximate surface area is 155 Å². The van der Waals surface area contributed by atoms with E-state index in [9.17, 15) is 13.2 Å². The molecule has 0 spiro atoms. The predicted molar refractivity (Wildman–Crippen MR) is 104 cm³/mol. The second-order valence-electron chi connectivity index (χ2n) is 5.58. The third-order valence-electron chi connectivity index (χ3n) is 3.69. The van der Waals surface area contributed by atoms with E-state index in [0.29, 0.717) is 15.8 Å². The Kier molecular flexibility index (Phi) is 5.73. The zero-order valence-electron chi connectivity index (χ0n) is 13.3. The van der Waals surface area contributed by atoms with Crippen molar-refractivity contribution in [3.8, 4) is 0 Å². The third kappa shape index (κ3) is 4.78. The van der Waals surface area contributed by atoms with E-state index in [2.05, 4.69) is 5.32 Å². The number of nitrogens with one attached hydrogen (secondary N) is 1. The van der Waals surface area contributed by atoms with Crippen LogP contribution in [-0.2, 0) is 10.0 Å². The average Bonchev–Trinajstić information content (AvgIpc) is 2.62. The number of primary sulfonamides is 1. The van der Waals surface area contributed by atoms with Crippen LogP contribution in [-0.4, -0.2) is 25.8 Å². The first-order valence-corrected chi connectivity index (χ1v) is 11.4. The molecule has 1 fully saturated rings. The minimum absolute atomic E-state index is 0.0352. The summed E-state index contributed by atoms with van der Waals surface area (Å²) in [6.45, 7) is 0. The molecule has 0 aliphatic carbocycles. The van der Waals surface area contributed by atoms with Gasteiger partial charge in [0.2, 0.25) is 10.0 Å². The zero-order valence-corrected chi connectivity index (χ0v) is 15.8. The summed E-state index contributed by atoms with van der Waals surface area (Å²) in [6.07, 6.45) is 1.24. The summed E-state index contributed by atoms with van der Waals surface area (Å²) in [5.41, 5.74) is 2.12. The fraction of sp³-hybridized carbons (Fsp3) is 0.235. The van der Waals surface area contributed by atoms with Crippen LogP contribution >= 0.6 is 23.5 Å². The molecule has 1 heterocycles. The Morgan fingerprint density at radius 1 is 1.08 bits per heavy atom. The summed E-state index contributed by atoms with van der Waals surface area (Å²) < 4.78 is 23.2. The highest BCUT2D eigenvalue weighted by molar-refractivity contribution is 8.16. The first-order valence-electron chi connectivity index (χ1n) is 7.71. The first-order chi connectivity index (χ1) is 11.9. The van der Waals surface area contributed by atoms with Crippen LogP contribution in [0.5, 0.6) is 0 Å². The lowest BCUT2D eigenvalue weighted by Gasteiger charge is -2.21. The highest BCUT2D eigenvalue weighted by Gasteiger charge is 2.17. The van der Waals surface area contributed by atoms with Gasteiger partial charge in [0.15, 0.2) is 0 Å². The zero-order chi connectivity index (χ0) is 17.9. The van der Waals surface area contributed by atoms with Gasteiger partial charge in [0.1, 0.15) is 0 Å². The van der Waals surface area contributed by atoms with Gasteiger partial charge in [-0.25, -0.2) is 13.6 Å². The number of anilines is 1. The molecule has 25 heavy (non-hydrogen) atoms. The molecule has 2 aromatic rings. The molecule has 3 N–H and O–H groups in total. The number of amides is 1. The Morgan fingerprint density at radius 2 is 1.76 bits per heavy atom. The van der Waals surface area contributed by atoms with Crippen LogP contribution in [0, 0.1) is 0 Å². The molecule has 0 radical (unpaired) electrons. The molecule has 1 aliphatic rings. The fourth-order valence-electron chi connectivity index (χ4n) is 2.43. The number of nitrogens with two attached hydrogens (primary N) is 1. The number of rotatable bonds is 4. The second-order valence-corrected chi connectivity index (χ2v) is 9.86. The summed E-state index contributed by atoms with van der Waals surface area (Å²) in [7, 11) is -3.80. The van der Waals surface area contributed by atoms with Gasteiger partial charge >= 0.3 is 0 Å². The summed E-state index contributed by atoms with van der Waals surface area (Å²) in [4.78, 5) is 12.3. The van der Waals surface area contributed by atoms with Crippen molar-refractivity contribution in [1.82, 2.24) is 0 Å². The lowest BCUT2D eigenvalue weighted by molar-refractivity contribution is 0.102. The van der Waals surface area contributed by atoms with Crippen LogP contribution in [0.1, 0.15) is 26.9 Å². The average molecular weight is 395 g/mol. The molecule has 3 rings (SSSR count). The summed E-state index contributed by atoms with van der Waals surface area (Å²) in [5, 5.41) is 7.81. The van der Waals surface area contributed by atoms with Gasteiger partial charge < -0.3 is 5.32 Å². The van der Waals surface area contributed by atoms with Crippen LogP contribution in [0.3, 0.4) is 0 Å². The number of benzene rings is 2. The number of hydrogen-bond donors (Lipinski definition) is 2. The lowest BCUT2D eigenvalue weighted by atomic mass is 10.1. The number of thioether (sulfide) groups is 2. The van der Waals surface area contributed by atoms with Gasteiger partial charge in [-0.05, 0) is 53.8 Å². The molecule has 0 atom stereocenters. The van der Waals surface area contributed by atoms with Crippen LogP contribution < -0.4 is 10.5 Å². The van der Waals surface area contributed by atoms with E-state index < -0.39 is 10.0 Å². The molecule has 8 heteroatoms. The van der Waals surface area contributed by atoms with Crippen molar-refractivity contribution >= 4 is 45.1 Å². The van der Waals surface area contributed by atoms with Crippen molar-refractivity contribution < 1.29 is 13.2 Å². The standard InChI is InChI=1S/C17H18N2O3S3/c18-25(21,22)15-4-1-3-14(11-15)19-16(20)12-5-7-13(8-6-12)17-23-9-2-10-24-17/h1,3-8,11,17H,2,9-10H2,(H,19,20)(H2,18,21,22). The van der Waals surface area contributed by atoms with E-state index in [0.717, 1.165) is 0 Å². The third-order valence-corrected chi connectivity index (χ3v) is 7.62. The van der Waals surface area contributed by atoms with Crippen molar-refractivity contribution in [3.05, 3.63) is 59.7 Å². The van der Waals surface area contributed by atoms with E-state index in [1.165, 1.54) is 41.7 Å². The lowest BCUT2D eigenvalue weighted by Crippen LogP contribution is -2.15. The second kappa shape index (κ2) is 7.82. The van der Waals surface area contributed by atoms with Gasteiger partial charge in [-0.1, -0.05) is 18.2 Å². The van der Waals surface area contributed by atoms with Gasteiger partial charge in [0, 0.05) is 11.3 Å². The summed E-state index contributed by atoms with van der Waals surface area (Å²) in [5.74, 6) is 2.04. The van der Waals surface area contributed by atoms with E-state index >= 15 is 0 Å². The molecule has 0 saturated carbocycles. The van der Waals surface area contributed by atoms with Crippen LogP contribution in [0.15, 0.2) is 53.4 Å². The fourth-order valence-corrected chi connectivity index (χ4v) is 5.88. The van der Waals surface area contributed by atoms with Gasteiger partial charge in [-0.3, -0.25) is 4.79 Å². The minimum atomic E-state index is -3.80. The summed E-state index contributed by atoms with van der Waals surface area (Å²) >= 11 is 3.86. The van der Waals surface area contributed by atoms with E-state index in [4.69, 9.17) is 5.14 Å². The van der Waals surface area contributed by atoms with Crippen molar-refractivity contribution in [2.45, 2.75) is 15.9 Å².